The van der Waals surface area contributed by atoms with Gasteiger partial charge in [0.2, 0.25) is 0 Å². The van der Waals surface area contributed by atoms with Gasteiger partial charge in [0.25, 0.3) is 0 Å². The van der Waals surface area contributed by atoms with Crippen molar-refractivity contribution in [2.24, 2.45) is 5.90 Å². The van der Waals surface area contributed by atoms with E-state index in [0.29, 0.717) is 13.2 Å². The van der Waals surface area contributed by atoms with Gasteiger partial charge in [-0.15, -0.1) is 24.8 Å². The molecule has 0 spiro atoms. The minimum atomic E-state index is 0. The standard InChI is InChI=1S/C14H15NO.C7H9NO.C7H6O.2ClH/c1-3-7-13(8-4-1)11-15-16-12-14-9-5-2-6-10-14;8-9-6-7-4-2-1-3-5-7;8-6-7-4-2-1-3-5-7;;/h1-10,15H,11-12H2;1-5H,6,8H2;1-6H;2*1H. The zero-order valence-corrected chi connectivity index (χ0v) is 21.0. The largest absolute Gasteiger partial charge is 0.300 e. The van der Waals surface area contributed by atoms with Crippen LogP contribution in [0.4, 0.5) is 0 Å². The van der Waals surface area contributed by atoms with E-state index in [-0.39, 0.29) is 24.8 Å². The Morgan fingerprint density at radius 1 is 0.600 bits per heavy atom. The van der Waals surface area contributed by atoms with Crippen molar-refractivity contribution in [3.05, 3.63) is 144 Å². The quantitative estimate of drug-likeness (QED) is 0.163. The number of halogens is 2. The monoisotopic (exact) mass is 514 g/mol. The van der Waals surface area contributed by atoms with Crippen LogP contribution in [-0.4, -0.2) is 6.29 Å². The van der Waals surface area contributed by atoms with Crippen LogP contribution in [-0.2, 0) is 29.4 Å². The highest BCUT2D eigenvalue weighted by Crippen LogP contribution is 2.01. The maximum absolute atomic E-state index is 10.0. The summed E-state index contributed by atoms with van der Waals surface area (Å²) in [5, 5.41) is 0. The van der Waals surface area contributed by atoms with Gasteiger partial charge in [0.05, 0.1) is 13.2 Å². The molecule has 5 nitrogen and oxygen atoms in total. The fourth-order valence-corrected chi connectivity index (χ4v) is 2.64. The second-order valence-electron chi connectivity index (χ2n) is 6.91. The van der Waals surface area contributed by atoms with E-state index in [1.807, 2.05) is 97.1 Å². The van der Waals surface area contributed by atoms with Crippen molar-refractivity contribution in [3.63, 3.8) is 0 Å². The van der Waals surface area contributed by atoms with Gasteiger partial charge in [-0.25, -0.2) is 5.90 Å². The summed E-state index contributed by atoms with van der Waals surface area (Å²) in [6, 6.07) is 39.2. The fraction of sp³-hybridized carbons (Fsp3) is 0.107. The summed E-state index contributed by atoms with van der Waals surface area (Å²) in [7, 11) is 0. The molecular formula is C28H32Cl2N2O3. The van der Waals surface area contributed by atoms with Gasteiger partial charge in [-0.3, -0.25) is 14.5 Å². The SMILES string of the molecule is Cl.Cl.NOCc1ccccc1.O=Cc1ccccc1.c1ccc(CNOCc2ccccc2)cc1. The summed E-state index contributed by atoms with van der Waals surface area (Å²) in [6.07, 6.45) is 0.833. The third-order valence-electron chi connectivity index (χ3n) is 4.33. The van der Waals surface area contributed by atoms with Gasteiger partial charge in [0.1, 0.15) is 6.29 Å². The first-order chi connectivity index (χ1) is 16.3. The molecule has 0 atom stereocenters. The maximum Gasteiger partial charge on any atom is 0.150 e. The summed E-state index contributed by atoms with van der Waals surface area (Å²) in [4.78, 5) is 19.8. The molecule has 0 aliphatic carbocycles. The molecule has 0 radical (unpaired) electrons. The Balaban J connectivity index is 0.000000523. The number of nitrogens with one attached hydrogen (secondary N) is 1. The summed E-state index contributed by atoms with van der Waals surface area (Å²) in [5.74, 6) is 4.86. The van der Waals surface area contributed by atoms with Gasteiger partial charge in [-0.1, -0.05) is 121 Å². The smallest absolute Gasteiger partial charge is 0.150 e. The molecule has 4 aromatic carbocycles. The van der Waals surface area contributed by atoms with Crippen molar-refractivity contribution in [2.75, 3.05) is 0 Å². The zero-order valence-electron chi connectivity index (χ0n) is 19.4. The minimum Gasteiger partial charge on any atom is -0.300 e. The van der Waals surface area contributed by atoms with E-state index in [1.54, 1.807) is 12.1 Å². The van der Waals surface area contributed by atoms with Crippen molar-refractivity contribution in [1.29, 1.82) is 0 Å². The molecule has 0 aliphatic rings. The number of carbonyl (C=O) groups excluding carboxylic acids is 1. The lowest BCUT2D eigenvalue weighted by Gasteiger charge is -2.05. The molecular weight excluding hydrogens is 483 g/mol. The predicted octanol–water partition coefficient (Wildman–Crippen LogP) is 6.33. The lowest BCUT2D eigenvalue weighted by Crippen LogP contribution is -2.13. The summed E-state index contributed by atoms with van der Waals surface area (Å²) >= 11 is 0. The Morgan fingerprint density at radius 3 is 1.40 bits per heavy atom. The third-order valence-corrected chi connectivity index (χ3v) is 4.33. The molecule has 0 amide bonds. The molecule has 7 heteroatoms. The average molecular weight is 515 g/mol. The van der Waals surface area contributed by atoms with E-state index in [1.165, 1.54) is 11.1 Å². The van der Waals surface area contributed by atoms with Gasteiger partial charge in [-0.05, 0) is 16.7 Å². The van der Waals surface area contributed by atoms with Crippen LogP contribution in [0.15, 0.2) is 121 Å². The predicted molar refractivity (Wildman–Crippen MR) is 146 cm³/mol. The van der Waals surface area contributed by atoms with Crippen LogP contribution < -0.4 is 11.4 Å². The molecule has 0 bridgehead atoms. The number of hydrogen-bond acceptors (Lipinski definition) is 5. The van der Waals surface area contributed by atoms with Crippen molar-refractivity contribution in [3.8, 4) is 0 Å². The van der Waals surface area contributed by atoms with Gasteiger partial charge in [-0.2, -0.15) is 5.48 Å². The molecule has 0 unspecified atom stereocenters. The van der Waals surface area contributed by atoms with E-state index in [2.05, 4.69) is 22.5 Å². The van der Waals surface area contributed by atoms with Crippen molar-refractivity contribution in [2.45, 2.75) is 19.8 Å². The van der Waals surface area contributed by atoms with Gasteiger partial charge in [0.15, 0.2) is 0 Å². The average Bonchev–Trinajstić information content (AvgIpc) is 2.90. The Bertz CT molecular complexity index is 952. The maximum atomic E-state index is 10.0. The number of hydrogen-bond donors (Lipinski definition) is 2. The number of hydroxylamine groups is 1. The highest BCUT2D eigenvalue weighted by Gasteiger charge is 1.92. The highest BCUT2D eigenvalue weighted by atomic mass is 35.5. The number of rotatable bonds is 8. The van der Waals surface area contributed by atoms with E-state index >= 15 is 0 Å². The van der Waals surface area contributed by atoms with Gasteiger partial charge >= 0.3 is 0 Å². The first kappa shape index (κ1) is 32.0. The molecule has 4 rings (SSSR count). The molecule has 0 heterocycles. The number of benzene rings is 4. The molecule has 4 aromatic rings. The zero-order chi connectivity index (χ0) is 23.4. The summed E-state index contributed by atoms with van der Waals surface area (Å²) < 4.78 is 0. The Labute approximate surface area is 220 Å². The molecule has 0 aliphatic heterocycles. The minimum absolute atomic E-state index is 0. The Kier molecular flexibility index (Phi) is 19.6. The molecule has 0 fully saturated rings. The van der Waals surface area contributed by atoms with Crippen LogP contribution in [0.2, 0.25) is 0 Å². The third kappa shape index (κ3) is 15.5. The van der Waals surface area contributed by atoms with E-state index in [0.717, 1.165) is 24.0 Å². The van der Waals surface area contributed by atoms with Crippen LogP contribution >= 0.6 is 24.8 Å². The topological polar surface area (TPSA) is 73.6 Å². The van der Waals surface area contributed by atoms with Gasteiger partial charge in [0, 0.05) is 12.1 Å². The van der Waals surface area contributed by atoms with Crippen molar-refractivity contribution in [1.82, 2.24) is 5.48 Å². The first-order valence-corrected chi connectivity index (χ1v) is 10.6. The lowest BCUT2D eigenvalue weighted by atomic mass is 10.2. The molecule has 35 heavy (non-hydrogen) atoms. The first-order valence-electron chi connectivity index (χ1n) is 10.6. The van der Waals surface area contributed by atoms with Gasteiger partial charge < -0.3 is 0 Å². The fourth-order valence-electron chi connectivity index (χ4n) is 2.64. The number of aldehydes is 1. The number of carbonyl (C=O) groups is 1. The van der Waals surface area contributed by atoms with E-state index in [4.69, 9.17) is 10.7 Å². The highest BCUT2D eigenvalue weighted by molar-refractivity contribution is 5.85. The molecule has 0 saturated carbocycles. The molecule has 0 saturated heterocycles. The normalized spacial score (nSPS) is 9.06. The van der Waals surface area contributed by atoms with Crippen molar-refractivity contribution >= 4 is 31.1 Å². The van der Waals surface area contributed by atoms with Crippen LogP contribution in [0.25, 0.3) is 0 Å². The molecule has 186 valence electrons. The Hall–Kier alpha value is -3.03. The number of nitrogens with two attached hydrogens (primary N) is 1. The van der Waals surface area contributed by atoms with Crippen LogP contribution in [0.5, 0.6) is 0 Å². The van der Waals surface area contributed by atoms with Crippen LogP contribution in [0.1, 0.15) is 27.0 Å². The second-order valence-corrected chi connectivity index (χ2v) is 6.91. The molecule has 0 aromatic heterocycles. The van der Waals surface area contributed by atoms with Crippen LogP contribution in [0, 0.1) is 0 Å². The van der Waals surface area contributed by atoms with Crippen molar-refractivity contribution < 1.29 is 14.5 Å². The van der Waals surface area contributed by atoms with E-state index in [9.17, 15) is 4.79 Å². The Morgan fingerprint density at radius 2 is 1.00 bits per heavy atom. The lowest BCUT2D eigenvalue weighted by molar-refractivity contribution is 0.0235. The van der Waals surface area contributed by atoms with Crippen LogP contribution in [0.3, 0.4) is 0 Å². The second kappa shape index (κ2) is 21.5. The molecule has 3 N–H and O–H groups in total. The van der Waals surface area contributed by atoms with E-state index < -0.39 is 0 Å². The summed E-state index contributed by atoms with van der Waals surface area (Å²) in [5.41, 5.74) is 7.16. The summed E-state index contributed by atoms with van der Waals surface area (Å²) in [6.45, 7) is 1.81.